The first-order valence-corrected chi connectivity index (χ1v) is 13.6. The lowest BCUT2D eigenvalue weighted by atomic mass is 10.0. The van der Waals surface area contributed by atoms with Gasteiger partial charge in [0.2, 0.25) is 5.91 Å². The van der Waals surface area contributed by atoms with Gasteiger partial charge in [-0.1, -0.05) is 36.4 Å². The number of hydrogen-bond acceptors (Lipinski definition) is 7. The first kappa shape index (κ1) is 25.6. The van der Waals surface area contributed by atoms with Gasteiger partial charge in [-0.3, -0.25) is 9.69 Å². The SMILES string of the molecule is CN(CC=CC(=O)N1CC[C@@H](n2c(C#N)c(-c3ccc(Oc4ccccc4)cc3)c3c(N)ncnc32)C1)C1CC1. The molecule has 1 aliphatic carbocycles. The molecular weight excluding hydrogens is 502 g/mol. The topological polar surface area (TPSA) is 113 Å². The summed E-state index contributed by atoms with van der Waals surface area (Å²) in [6, 6.07) is 20.1. The van der Waals surface area contributed by atoms with E-state index in [4.69, 9.17) is 10.5 Å². The fourth-order valence-corrected chi connectivity index (χ4v) is 5.46. The highest BCUT2D eigenvalue weighted by Gasteiger charge is 2.32. The molecule has 2 fully saturated rings. The van der Waals surface area contributed by atoms with E-state index in [0.29, 0.717) is 59.4 Å². The monoisotopic (exact) mass is 533 g/mol. The number of nitrogen functional groups attached to an aromatic ring is 1. The summed E-state index contributed by atoms with van der Waals surface area (Å²) in [5.74, 6) is 1.73. The predicted molar refractivity (Wildman–Crippen MR) is 154 cm³/mol. The summed E-state index contributed by atoms with van der Waals surface area (Å²) in [6.07, 6.45) is 8.22. The maximum absolute atomic E-state index is 12.9. The number of nitrogens with two attached hydrogens (primary N) is 1. The number of anilines is 1. The molecule has 1 saturated carbocycles. The Morgan fingerprint density at radius 3 is 2.60 bits per heavy atom. The number of likely N-dealkylation sites (N-methyl/N-ethyl adjacent to an activating group) is 1. The molecule has 1 saturated heterocycles. The highest BCUT2D eigenvalue weighted by molar-refractivity contribution is 6.03. The van der Waals surface area contributed by atoms with Crippen LogP contribution in [0.25, 0.3) is 22.2 Å². The van der Waals surface area contributed by atoms with Crippen molar-refractivity contribution in [3.05, 3.63) is 78.8 Å². The molecule has 3 heterocycles. The van der Waals surface area contributed by atoms with Crippen molar-refractivity contribution in [1.82, 2.24) is 24.3 Å². The van der Waals surface area contributed by atoms with Gasteiger partial charge in [-0.2, -0.15) is 5.26 Å². The van der Waals surface area contributed by atoms with Crippen molar-refractivity contribution >= 4 is 22.8 Å². The van der Waals surface area contributed by atoms with Crippen molar-refractivity contribution in [3.8, 4) is 28.7 Å². The Balaban J connectivity index is 1.28. The molecule has 202 valence electrons. The first-order valence-electron chi connectivity index (χ1n) is 13.6. The van der Waals surface area contributed by atoms with Gasteiger partial charge in [-0.15, -0.1) is 0 Å². The minimum Gasteiger partial charge on any atom is -0.457 e. The molecule has 2 aliphatic rings. The number of ether oxygens (including phenoxy) is 1. The maximum Gasteiger partial charge on any atom is 0.246 e. The lowest BCUT2D eigenvalue weighted by Gasteiger charge is -2.17. The van der Waals surface area contributed by atoms with E-state index in [1.807, 2.05) is 70.1 Å². The Morgan fingerprint density at radius 1 is 1.12 bits per heavy atom. The summed E-state index contributed by atoms with van der Waals surface area (Å²) >= 11 is 0. The van der Waals surface area contributed by atoms with Crippen LogP contribution < -0.4 is 10.5 Å². The van der Waals surface area contributed by atoms with Crippen molar-refractivity contribution in [2.24, 2.45) is 0 Å². The molecule has 40 heavy (non-hydrogen) atoms. The number of aromatic nitrogens is 3. The number of benzene rings is 2. The highest BCUT2D eigenvalue weighted by atomic mass is 16.5. The average molecular weight is 534 g/mol. The Labute approximate surface area is 233 Å². The van der Waals surface area contributed by atoms with Gasteiger partial charge in [0.05, 0.1) is 11.4 Å². The number of nitrogens with zero attached hydrogens (tertiary/aromatic N) is 6. The van der Waals surface area contributed by atoms with Crippen LogP contribution in [0.15, 0.2) is 73.1 Å². The molecule has 2 N–H and O–H groups in total. The molecule has 2 aromatic heterocycles. The van der Waals surface area contributed by atoms with E-state index in [-0.39, 0.29) is 11.9 Å². The summed E-state index contributed by atoms with van der Waals surface area (Å²) in [4.78, 5) is 25.8. The summed E-state index contributed by atoms with van der Waals surface area (Å²) in [6.45, 7) is 1.87. The number of para-hydroxylation sites is 1. The second kappa shape index (κ2) is 10.8. The number of carbonyl (C=O) groups excluding carboxylic acids is 1. The van der Waals surface area contributed by atoms with Crippen molar-refractivity contribution in [2.45, 2.75) is 31.3 Å². The number of fused-ring (bicyclic) bond motifs is 1. The van der Waals surface area contributed by atoms with Crippen LogP contribution >= 0.6 is 0 Å². The van der Waals surface area contributed by atoms with Gasteiger partial charge in [0.15, 0.2) is 0 Å². The van der Waals surface area contributed by atoms with Crippen molar-refractivity contribution in [3.63, 3.8) is 0 Å². The minimum atomic E-state index is -0.104. The van der Waals surface area contributed by atoms with Gasteiger partial charge in [0.25, 0.3) is 0 Å². The lowest BCUT2D eigenvalue weighted by Crippen LogP contribution is -2.28. The van der Waals surface area contributed by atoms with E-state index < -0.39 is 0 Å². The molecule has 0 unspecified atom stereocenters. The fraction of sp³-hybridized carbons (Fsp3) is 0.290. The molecule has 0 bridgehead atoms. The molecule has 4 aromatic rings. The van der Waals surface area contributed by atoms with E-state index in [2.05, 4.69) is 28.0 Å². The van der Waals surface area contributed by atoms with E-state index in [1.165, 1.54) is 19.2 Å². The van der Waals surface area contributed by atoms with Gasteiger partial charge in [0.1, 0.15) is 41.1 Å². The molecule has 1 aliphatic heterocycles. The average Bonchev–Trinajstić information content (AvgIpc) is 3.61. The predicted octanol–water partition coefficient (Wildman–Crippen LogP) is 4.77. The maximum atomic E-state index is 12.9. The third-order valence-corrected chi connectivity index (χ3v) is 7.70. The molecule has 2 aromatic carbocycles. The minimum absolute atomic E-state index is 0.00923. The van der Waals surface area contributed by atoms with Crippen LogP contribution in [0.4, 0.5) is 5.82 Å². The van der Waals surface area contributed by atoms with E-state index in [1.54, 1.807) is 6.08 Å². The van der Waals surface area contributed by atoms with Gasteiger partial charge in [0, 0.05) is 37.3 Å². The van der Waals surface area contributed by atoms with Crippen molar-refractivity contribution in [1.29, 1.82) is 5.26 Å². The van der Waals surface area contributed by atoms with E-state index in [0.717, 1.165) is 17.9 Å². The lowest BCUT2D eigenvalue weighted by molar-refractivity contribution is -0.125. The van der Waals surface area contributed by atoms with Crippen molar-refractivity contribution < 1.29 is 9.53 Å². The molecule has 9 heteroatoms. The Hall–Kier alpha value is -4.68. The molecule has 1 atom stereocenters. The zero-order valence-corrected chi connectivity index (χ0v) is 22.4. The number of nitriles is 1. The largest absolute Gasteiger partial charge is 0.457 e. The normalized spacial score (nSPS) is 17.1. The van der Waals surface area contributed by atoms with Crippen LogP contribution in [0, 0.1) is 11.3 Å². The Bertz CT molecular complexity index is 1600. The van der Waals surface area contributed by atoms with Gasteiger partial charge in [-0.05, 0) is 56.1 Å². The number of carbonyl (C=O) groups is 1. The number of hydrogen-bond donors (Lipinski definition) is 1. The summed E-state index contributed by atoms with van der Waals surface area (Å²) in [5, 5.41) is 11.0. The second-order valence-corrected chi connectivity index (χ2v) is 10.4. The first-order chi connectivity index (χ1) is 19.5. The fourth-order valence-electron chi connectivity index (χ4n) is 5.46. The van der Waals surface area contributed by atoms with Gasteiger partial charge < -0.3 is 19.9 Å². The smallest absolute Gasteiger partial charge is 0.246 e. The van der Waals surface area contributed by atoms with Crippen LogP contribution in [-0.4, -0.2) is 63.0 Å². The van der Waals surface area contributed by atoms with Crippen LogP contribution in [0.3, 0.4) is 0 Å². The van der Waals surface area contributed by atoms with Gasteiger partial charge >= 0.3 is 0 Å². The Morgan fingerprint density at radius 2 is 1.88 bits per heavy atom. The van der Waals surface area contributed by atoms with Crippen molar-refractivity contribution in [2.75, 3.05) is 32.4 Å². The van der Waals surface area contributed by atoms with Crippen LogP contribution in [0.1, 0.15) is 31.0 Å². The number of likely N-dealkylation sites (tertiary alicyclic amines) is 1. The van der Waals surface area contributed by atoms with Crippen LogP contribution in [0.2, 0.25) is 0 Å². The summed E-state index contributed by atoms with van der Waals surface area (Å²) in [5.41, 5.74) is 8.93. The second-order valence-electron chi connectivity index (χ2n) is 10.4. The van der Waals surface area contributed by atoms with Crippen LogP contribution in [0.5, 0.6) is 11.5 Å². The third-order valence-electron chi connectivity index (χ3n) is 7.70. The zero-order chi connectivity index (χ0) is 27.6. The standard InChI is InChI=1S/C31H31N7O2/c1-36(22-11-12-22)16-5-8-27(39)37-17-15-23(19-37)38-26(18-32)28(29-30(33)34-20-35-31(29)38)21-9-13-25(14-10-21)40-24-6-3-2-4-7-24/h2-10,13-14,20,22-23H,11-12,15-17,19H2,1H3,(H2,33,34,35)/t23-/m1/s1. The summed E-state index contributed by atoms with van der Waals surface area (Å²) < 4.78 is 7.89. The highest BCUT2D eigenvalue weighted by Crippen LogP contribution is 2.40. The molecule has 9 nitrogen and oxygen atoms in total. The summed E-state index contributed by atoms with van der Waals surface area (Å²) in [7, 11) is 2.09. The third kappa shape index (κ3) is 5.01. The number of amides is 1. The van der Waals surface area contributed by atoms with Crippen LogP contribution in [-0.2, 0) is 4.79 Å². The molecule has 0 radical (unpaired) electrons. The Kier molecular flexibility index (Phi) is 6.93. The quantitative estimate of drug-likeness (QED) is 0.325. The molecule has 0 spiro atoms. The van der Waals surface area contributed by atoms with E-state index in [9.17, 15) is 10.1 Å². The zero-order valence-electron chi connectivity index (χ0n) is 22.4. The molecule has 1 amide bonds. The molecule has 6 rings (SSSR count). The number of rotatable bonds is 8. The van der Waals surface area contributed by atoms with Gasteiger partial charge in [-0.25, -0.2) is 9.97 Å². The molecular formula is C31H31N7O2. The van der Waals surface area contributed by atoms with E-state index >= 15 is 0 Å².